The maximum absolute atomic E-state index is 13.6. The fourth-order valence-electron chi connectivity index (χ4n) is 2.62. The van der Waals surface area contributed by atoms with E-state index in [1.165, 1.54) is 0 Å². The Morgan fingerprint density at radius 1 is 1.05 bits per heavy atom. The van der Waals surface area contributed by atoms with Gasteiger partial charge in [0.05, 0.1) is 5.92 Å². The van der Waals surface area contributed by atoms with Crippen LogP contribution in [0.25, 0.3) is 0 Å². The first-order valence-electron chi connectivity index (χ1n) is 6.67. The molecular formula is C13H15F4N3O. The van der Waals surface area contributed by atoms with E-state index in [0.717, 1.165) is 19.3 Å². The zero-order chi connectivity index (χ0) is 15.6. The summed E-state index contributed by atoms with van der Waals surface area (Å²) in [5, 5.41) is 2.40. The summed E-state index contributed by atoms with van der Waals surface area (Å²) < 4.78 is 53.4. The molecule has 0 radical (unpaired) electrons. The lowest BCUT2D eigenvalue weighted by Gasteiger charge is -2.25. The lowest BCUT2D eigenvalue weighted by molar-refractivity contribution is -0.122. The zero-order valence-electron chi connectivity index (χ0n) is 11.1. The normalized spacial score (nSPS) is 22.7. The Kier molecular flexibility index (Phi) is 4.64. The molecule has 0 aromatic carbocycles. The topological polar surface area (TPSA) is 68.0 Å². The standard InChI is InChI=1S/C13H15F4N3O/c14-8-10(9(15)12(17)20-11(8)16)19-7-5-3-1-2-4-6(7)13(18)21/h6-7H,1-5H2,(H2,18,21)(H,19,20). The first-order chi connectivity index (χ1) is 9.91. The number of hydrogen-bond acceptors (Lipinski definition) is 3. The Bertz CT molecular complexity index is 526. The molecule has 1 aromatic rings. The lowest BCUT2D eigenvalue weighted by Crippen LogP contribution is -2.38. The Hall–Kier alpha value is -1.86. The number of amides is 1. The highest BCUT2D eigenvalue weighted by Gasteiger charge is 2.31. The number of nitrogens with one attached hydrogen (secondary N) is 1. The van der Waals surface area contributed by atoms with E-state index in [1.807, 2.05) is 0 Å². The number of nitrogens with two attached hydrogens (primary N) is 1. The molecule has 4 nitrogen and oxygen atoms in total. The molecule has 1 aliphatic carbocycles. The number of carbonyl (C=O) groups is 1. The summed E-state index contributed by atoms with van der Waals surface area (Å²) >= 11 is 0. The molecule has 1 aliphatic rings. The van der Waals surface area contributed by atoms with Gasteiger partial charge in [-0.3, -0.25) is 4.79 Å². The summed E-state index contributed by atoms with van der Waals surface area (Å²) in [6.45, 7) is 0. The minimum Gasteiger partial charge on any atom is -0.376 e. The van der Waals surface area contributed by atoms with Gasteiger partial charge >= 0.3 is 0 Å². The second kappa shape index (κ2) is 6.28. The van der Waals surface area contributed by atoms with E-state index in [1.54, 1.807) is 0 Å². The number of carbonyl (C=O) groups excluding carboxylic acids is 1. The summed E-state index contributed by atoms with van der Waals surface area (Å²) in [6, 6.07) is -0.671. The molecule has 1 saturated carbocycles. The Morgan fingerprint density at radius 2 is 1.62 bits per heavy atom. The molecule has 0 bridgehead atoms. The number of nitrogens with zero attached hydrogens (tertiary/aromatic N) is 1. The summed E-state index contributed by atoms with van der Waals surface area (Å²) in [4.78, 5) is 13.9. The molecule has 1 aromatic heterocycles. The van der Waals surface area contributed by atoms with Crippen molar-refractivity contribution in [2.45, 2.75) is 38.1 Å². The number of hydrogen-bond donors (Lipinski definition) is 2. The van der Waals surface area contributed by atoms with Crippen molar-refractivity contribution >= 4 is 11.6 Å². The van der Waals surface area contributed by atoms with Gasteiger partial charge in [0, 0.05) is 6.04 Å². The van der Waals surface area contributed by atoms with Crippen molar-refractivity contribution in [3.8, 4) is 0 Å². The molecule has 0 spiro atoms. The van der Waals surface area contributed by atoms with E-state index < -0.39 is 47.1 Å². The molecule has 0 saturated heterocycles. The lowest BCUT2D eigenvalue weighted by atomic mass is 9.94. The molecule has 1 amide bonds. The van der Waals surface area contributed by atoms with Crippen LogP contribution in [0.1, 0.15) is 32.1 Å². The highest BCUT2D eigenvalue weighted by molar-refractivity contribution is 5.78. The summed E-state index contributed by atoms with van der Waals surface area (Å²) in [5.41, 5.74) is 4.34. The molecule has 1 heterocycles. The van der Waals surface area contributed by atoms with Crippen LogP contribution in [-0.4, -0.2) is 16.9 Å². The van der Waals surface area contributed by atoms with Crippen molar-refractivity contribution in [1.82, 2.24) is 4.98 Å². The van der Waals surface area contributed by atoms with Crippen LogP contribution in [0.5, 0.6) is 0 Å². The Labute approximate surface area is 118 Å². The van der Waals surface area contributed by atoms with Crippen LogP contribution in [0.4, 0.5) is 23.2 Å². The number of halogens is 4. The largest absolute Gasteiger partial charge is 0.376 e. The maximum atomic E-state index is 13.6. The number of pyridine rings is 1. The van der Waals surface area contributed by atoms with Gasteiger partial charge in [-0.15, -0.1) is 0 Å². The van der Waals surface area contributed by atoms with Gasteiger partial charge in [-0.05, 0) is 12.8 Å². The van der Waals surface area contributed by atoms with Crippen molar-refractivity contribution < 1.29 is 22.4 Å². The van der Waals surface area contributed by atoms with E-state index in [2.05, 4.69) is 10.3 Å². The van der Waals surface area contributed by atoms with Gasteiger partial charge < -0.3 is 11.1 Å². The summed E-state index contributed by atoms with van der Waals surface area (Å²) in [5.74, 6) is -7.94. The van der Waals surface area contributed by atoms with Crippen LogP contribution in [0.2, 0.25) is 0 Å². The molecule has 8 heteroatoms. The Balaban J connectivity index is 2.33. The molecule has 2 atom stereocenters. The van der Waals surface area contributed by atoms with Gasteiger partial charge in [-0.25, -0.2) is 0 Å². The van der Waals surface area contributed by atoms with Crippen LogP contribution in [0, 0.1) is 29.4 Å². The molecule has 3 N–H and O–H groups in total. The predicted octanol–water partition coefficient (Wildman–Crippen LogP) is 2.48. The highest BCUT2D eigenvalue weighted by atomic mass is 19.2. The minimum atomic E-state index is -1.74. The van der Waals surface area contributed by atoms with Crippen LogP contribution < -0.4 is 11.1 Å². The Morgan fingerprint density at radius 3 is 2.19 bits per heavy atom. The van der Waals surface area contributed by atoms with Crippen LogP contribution in [-0.2, 0) is 4.79 Å². The fourth-order valence-corrected chi connectivity index (χ4v) is 2.62. The molecule has 0 aliphatic heterocycles. The van der Waals surface area contributed by atoms with E-state index in [4.69, 9.17) is 5.73 Å². The predicted molar refractivity (Wildman–Crippen MR) is 67.2 cm³/mol. The first kappa shape index (κ1) is 15.5. The summed E-state index contributed by atoms with van der Waals surface area (Å²) in [7, 11) is 0. The fraction of sp³-hybridized carbons (Fsp3) is 0.538. The van der Waals surface area contributed by atoms with Crippen LogP contribution in [0.3, 0.4) is 0 Å². The molecule has 2 unspecified atom stereocenters. The van der Waals surface area contributed by atoms with Crippen molar-refractivity contribution in [3.63, 3.8) is 0 Å². The van der Waals surface area contributed by atoms with Gasteiger partial charge in [0.2, 0.25) is 17.5 Å². The summed E-state index contributed by atoms with van der Waals surface area (Å²) in [6.07, 6.45) is 3.23. The second-order valence-corrected chi connectivity index (χ2v) is 5.09. The van der Waals surface area contributed by atoms with Crippen molar-refractivity contribution in [2.75, 3.05) is 5.32 Å². The maximum Gasteiger partial charge on any atom is 0.253 e. The quantitative estimate of drug-likeness (QED) is 0.512. The number of rotatable bonds is 3. The zero-order valence-corrected chi connectivity index (χ0v) is 11.1. The SMILES string of the molecule is NC(=O)C1CCCCCC1Nc1c(F)c(F)nc(F)c1F. The van der Waals surface area contributed by atoms with Gasteiger partial charge in [0.15, 0.2) is 0 Å². The second-order valence-electron chi connectivity index (χ2n) is 5.09. The number of primary amides is 1. The molecule has 21 heavy (non-hydrogen) atoms. The van der Waals surface area contributed by atoms with E-state index in [-0.39, 0.29) is 0 Å². The number of anilines is 1. The highest BCUT2D eigenvalue weighted by Crippen LogP contribution is 2.29. The monoisotopic (exact) mass is 305 g/mol. The average Bonchev–Trinajstić information content (AvgIpc) is 2.66. The molecule has 2 rings (SSSR count). The van der Waals surface area contributed by atoms with Crippen molar-refractivity contribution in [2.24, 2.45) is 11.7 Å². The van der Waals surface area contributed by atoms with E-state index >= 15 is 0 Å². The van der Waals surface area contributed by atoms with Crippen LogP contribution in [0.15, 0.2) is 0 Å². The smallest absolute Gasteiger partial charge is 0.253 e. The van der Waals surface area contributed by atoms with Crippen molar-refractivity contribution in [1.29, 1.82) is 0 Å². The molecular weight excluding hydrogens is 290 g/mol. The molecule has 116 valence electrons. The third-order valence-electron chi connectivity index (χ3n) is 3.71. The average molecular weight is 305 g/mol. The minimum absolute atomic E-state index is 0.429. The third kappa shape index (κ3) is 3.25. The van der Waals surface area contributed by atoms with Gasteiger partial charge in [-0.1, -0.05) is 19.3 Å². The number of aromatic nitrogens is 1. The van der Waals surface area contributed by atoms with E-state index in [9.17, 15) is 22.4 Å². The van der Waals surface area contributed by atoms with Crippen molar-refractivity contribution in [3.05, 3.63) is 23.5 Å². The van der Waals surface area contributed by atoms with Crippen LogP contribution >= 0.6 is 0 Å². The molecule has 1 fully saturated rings. The van der Waals surface area contributed by atoms with Gasteiger partial charge in [0.25, 0.3) is 11.9 Å². The first-order valence-corrected chi connectivity index (χ1v) is 6.67. The van der Waals surface area contributed by atoms with Gasteiger partial charge in [0.1, 0.15) is 5.69 Å². The van der Waals surface area contributed by atoms with E-state index in [0.29, 0.717) is 12.8 Å². The van der Waals surface area contributed by atoms with Gasteiger partial charge in [-0.2, -0.15) is 22.5 Å². The third-order valence-corrected chi connectivity index (χ3v) is 3.71.